The highest BCUT2D eigenvalue weighted by atomic mass is 32.2. The van der Waals surface area contributed by atoms with E-state index < -0.39 is 12.1 Å². The van der Waals surface area contributed by atoms with E-state index in [1.807, 2.05) is 6.92 Å². The highest BCUT2D eigenvalue weighted by Gasteiger charge is 2.13. The summed E-state index contributed by atoms with van der Waals surface area (Å²) in [5, 5.41) is 13.8. The van der Waals surface area contributed by atoms with Crippen LogP contribution in [-0.4, -0.2) is 54.4 Å². The van der Waals surface area contributed by atoms with E-state index in [4.69, 9.17) is 4.74 Å². The third-order valence-electron chi connectivity index (χ3n) is 2.00. The molecule has 0 aliphatic heterocycles. The number of amides is 3. The molecular formula is C10H20N2O4S. The SMILES string of the molecule is COCCNC(=O)NC(=O)CSC(C)C(C)O. The second-order valence-corrected chi connectivity index (χ2v) is 4.92. The fourth-order valence-electron chi connectivity index (χ4n) is 0.820. The van der Waals surface area contributed by atoms with E-state index >= 15 is 0 Å². The number of ether oxygens (including phenoxy) is 1. The molecule has 100 valence electrons. The minimum atomic E-state index is -0.530. The predicted molar refractivity (Wildman–Crippen MR) is 67.0 cm³/mol. The summed E-state index contributed by atoms with van der Waals surface area (Å²) in [4.78, 5) is 22.5. The number of aliphatic hydroxyl groups excluding tert-OH is 1. The average molecular weight is 264 g/mol. The van der Waals surface area contributed by atoms with Gasteiger partial charge in [-0.05, 0) is 6.92 Å². The third-order valence-corrected chi connectivity index (χ3v) is 3.35. The summed E-state index contributed by atoms with van der Waals surface area (Å²) in [6, 6.07) is -0.530. The van der Waals surface area contributed by atoms with Crippen LogP contribution in [0.2, 0.25) is 0 Å². The minimum Gasteiger partial charge on any atom is -0.392 e. The molecule has 0 aliphatic rings. The fraction of sp³-hybridized carbons (Fsp3) is 0.800. The van der Waals surface area contributed by atoms with Gasteiger partial charge >= 0.3 is 6.03 Å². The molecule has 0 bridgehead atoms. The first kappa shape index (κ1) is 16.2. The molecule has 0 saturated carbocycles. The van der Waals surface area contributed by atoms with E-state index in [1.54, 1.807) is 6.92 Å². The number of thioether (sulfide) groups is 1. The van der Waals surface area contributed by atoms with Crippen molar-refractivity contribution in [3.8, 4) is 0 Å². The van der Waals surface area contributed by atoms with Crippen molar-refractivity contribution in [2.45, 2.75) is 25.2 Å². The average Bonchev–Trinajstić information content (AvgIpc) is 2.26. The smallest absolute Gasteiger partial charge is 0.321 e. The third kappa shape index (κ3) is 8.96. The molecule has 0 aromatic heterocycles. The summed E-state index contributed by atoms with van der Waals surface area (Å²) in [7, 11) is 1.53. The highest BCUT2D eigenvalue weighted by molar-refractivity contribution is 8.00. The van der Waals surface area contributed by atoms with Gasteiger partial charge in [0, 0.05) is 18.9 Å². The molecule has 0 aromatic carbocycles. The van der Waals surface area contributed by atoms with Crippen LogP contribution >= 0.6 is 11.8 Å². The van der Waals surface area contributed by atoms with Gasteiger partial charge in [-0.1, -0.05) is 6.92 Å². The quantitative estimate of drug-likeness (QED) is 0.562. The Balaban J connectivity index is 3.67. The summed E-state index contributed by atoms with van der Waals surface area (Å²) < 4.78 is 4.74. The van der Waals surface area contributed by atoms with Crippen LogP contribution in [0.25, 0.3) is 0 Å². The molecule has 2 unspecified atom stereocenters. The first-order chi connectivity index (χ1) is 7.97. The Labute approximate surface area is 105 Å². The van der Waals surface area contributed by atoms with Gasteiger partial charge in [-0.25, -0.2) is 4.79 Å². The van der Waals surface area contributed by atoms with Crippen molar-refractivity contribution in [2.24, 2.45) is 0 Å². The molecule has 0 heterocycles. The van der Waals surface area contributed by atoms with Crippen LogP contribution < -0.4 is 10.6 Å². The van der Waals surface area contributed by atoms with Crippen molar-refractivity contribution in [3.63, 3.8) is 0 Å². The zero-order chi connectivity index (χ0) is 13.3. The molecule has 0 spiro atoms. The van der Waals surface area contributed by atoms with Gasteiger partial charge in [-0.3, -0.25) is 10.1 Å². The lowest BCUT2D eigenvalue weighted by Gasteiger charge is -2.13. The van der Waals surface area contributed by atoms with Crippen molar-refractivity contribution in [1.29, 1.82) is 0 Å². The second-order valence-electron chi connectivity index (χ2n) is 3.55. The van der Waals surface area contributed by atoms with Gasteiger partial charge in [0.15, 0.2) is 0 Å². The van der Waals surface area contributed by atoms with Crippen LogP contribution in [0.1, 0.15) is 13.8 Å². The van der Waals surface area contributed by atoms with Crippen LogP contribution in [0, 0.1) is 0 Å². The van der Waals surface area contributed by atoms with E-state index in [1.165, 1.54) is 18.9 Å². The van der Waals surface area contributed by atoms with Gasteiger partial charge in [0.05, 0.1) is 18.5 Å². The van der Waals surface area contributed by atoms with Crippen molar-refractivity contribution in [2.75, 3.05) is 26.0 Å². The van der Waals surface area contributed by atoms with E-state index in [9.17, 15) is 14.7 Å². The molecule has 2 atom stereocenters. The molecule has 6 nitrogen and oxygen atoms in total. The summed E-state index contributed by atoms with van der Waals surface area (Å²) in [6.07, 6.45) is -0.483. The number of imide groups is 1. The zero-order valence-electron chi connectivity index (χ0n) is 10.4. The normalized spacial score (nSPS) is 13.9. The Morgan fingerprint density at radius 2 is 2.06 bits per heavy atom. The monoisotopic (exact) mass is 264 g/mol. The van der Waals surface area contributed by atoms with Gasteiger partial charge in [0.2, 0.25) is 5.91 Å². The largest absolute Gasteiger partial charge is 0.392 e. The van der Waals surface area contributed by atoms with Gasteiger partial charge in [-0.2, -0.15) is 0 Å². The molecule has 0 aliphatic carbocycles. The van der Waals surface area contributed by atoms with Crippen LogP contribution in [0.15, 0.2) is 0 Å². The summed E-state index contributed by atoms with van der Waals surface area (Å²) in [5.41, 5.74) is 0. The number of carbonyl (C=O) groups is 2. The van der Waals surface area contributed by atoms with Crippen molar-refractivity contribution in [1.82, 2.24) is 10.6 Å². The lowest BCUT2D eigenvalue weighted by atomic mass is 10.3. The standard InChI is InChI=1S/C10H20N2O4S/c1-7(13)8(2)17-6-9(14)12-10(15)11-4-5-16-3/h7-8,13H,4-6H2,1-3H3,(H2,11,12,14,15). The molecule has 0 saturated heterocycles. The maximum atomic E-state index is 11.3. The number of rotatable bonds is 7. The first-order valence-electron chi connectivity index (χ1n) is 5.33. The number of carbonyl (C=O) groups excluding carboxylic acids is 2. The summed E-state index contributed by atoms with van der Waals surface area (Å²) in [6.45, 7) is 4.23. The van der Waals surface area contributed by atoms with Crippen LogP contribution in [0.4, 0.5) is 4.79 Å². The van der Waals surface area contributed by atoms with E-state index in [0.29, 0.717) is 13.2 Å². The Kier molecular flexibility index (Phi) is 8.83. The van der Waals surface area contributed by atoms with Crippen molar-refractivity contribution >= 4 is 23.7 Å². The lowest BCUT2D eigenvalue weighted by Crippen LogP contribution is -2.41. The fourth-order valence-corrected chi connectivity index (χ4v) is 1.58. The van der Waals surface area contributed by atoms with Crippen molar-refractivity contribution in [3.05, 3.63) is 0 Å². The first-order valence-corrected chi connectivity index (χ1v) is 6.38. The zero-order valence-corrected chi connectivity index (χ0v) is 11.2. The topological polar surface area (TPSA) is 87.7 Å². The second kappa shape index (κ2) is 9.26. The molecule has 3 amide bonds. The van der Waals surface area contributed by atoms with Crippen LogP contribution in [-0.2, 0) is 9.53 Å². The Morgan fingerprint density at radius 3 is 2.59 bits per heavy atom. The number of methoxy groups -OCH3 is 1. The Morgan fingerprint density at radius 1 is 1.41 bits per heavy atom. The van der Waals surface area contributed by atoms with E-state index in [2.05, 4.69) is 10.6 Å². The predicted octanol–water partition coefficient (Wildman–Crippen LogP) is -0.0389. The Hall–Kier alpha value is -0.790. The molecule has 0 rings (SSSR count). The van der Waals surface area contributed by atoms with Gasteiger partial charge < -0.3 is 15.2 Å². The Bertz CT molecular complexity index is 248. The van der Waals surface area contributed by atoms with E-state index in [-0.39, 0.29) is 16.9 Å². The van der Waals surface area contributed by atoms with Gasteiger partial charge in [0.1, 0.15) is 0 Å². The molecule has 7 heteroatoms. The maximum Gasteiger partial charge on any atom is 0.321 e. The number of nitrogens with one attached hydrogen (secondary N) is 2. The van der Waals surface area contributed by atoms with Gasteiger partial charge in [0.25, 0.3) is 0 Å². The van der Waals surface area contributed by atoms with E-state index in [0.717, 1.165) is 0 Å². The maximum absolute atomic E-state index is 11.3. The molecule has 0 radical (unpaired) electrons. The lowest BCUT2D eigenvalue weighted by molar-refractivity contribution is -0.117. The number of hydrogen-bond acceptors (Lipinski definition) is 5. The van der Waals surface area contributed by atoms with Gasteiger partial charge in [-0.15, -0.1) is 11.8 Å². The van der Waals surface area contributed by atoms with Crippen LogP contribution in [0.5, 0.6) is 0 Å². The number of hydrogen-bond donors (Lipinski definition) is 3. The highest BCUT2D eigenvalue weighted by Crippen LogP contribution is 2.13. The molecular weight excluding hydrogens is 244 g/mol. The van der Waals surface area contributed by atoms with Crippen molar-refractivity contribution < 1.29 is 19.4 Å². The summed E-state index contributed by atoms with van der Waals surface area (Å²) >= 11 is 1.30. The number of urea groups is 1. The summed E-state index contributed by atoms with van der Waals surface area (Å²) in [5.74, 6) is -0.235. The number of aliphatic hydroxyl groups is 1. The molecule has 0 fully saturated rings. The molecule has 17 heavy (non-hydrogen) atoms. The molecule has 0 aromatic rings. The minimum absolute atomic E-state index is 0.0442. The van der Waals surface area contributed by atoms with Crippen LogP contribution in [0.3, 0.4) is 0 Å². The molecule has 3 N–H and O–H groups in total.